The first-order valence-corrected chi connectivity index (χ1v) is 4.96. The van der Waals surface area contributed by atoms with Crippen molar-refractivity contribution in [3.8, 4) is 0 Å². The lowest BCUT2D eigenvalue weighted by Crippen LogP contribution is -2.60. The molecule has 0 aromatic rings. The number of ether oxygens (including phenoxy) is 1. The summed E-state index contributed by atoms with van der Waals surface area (Å²) >= 11 is 0. The standard InChI is InChI=1S/C10H19NO/c1-10(2,3)11-6-9-5-4-8(11)7-12-9/h8-9H,4-7H2,1-3H3/t8-,9-/m1/s1. The Bertz CT molecular complexity index is 165. The Morgan fingerprint density at radius 1 is 1.25 bits per heavy atom. The van der Waals surface area contributed by atoms with Crippen LogP contribution in [0.5, 0.6) is 0 Å². The van der Waals surface area contributed by atoms with Crippen LogP contribution in [0.1, 0.15) is 33.6 Å². The third kappa shape index (κ3) is 1.38. The van der Waals surface area contributed by atoms with E-state index in [1.807, 2.05) is 0 Å². The van der Waals surface area contributed by atoms with E-state index < -0.39 is 0 Å². The predicted molar refractivity (Wildman–Crippen MR) is 49.2 cm³/mol. The van der Waals surface area contributed by atoms with Crippen molar-refractivity contribution < 1.29 is 4.74 Å². The van der Waals surface area contributed by atoms with E-state index in [1.54, 1.807) is 0 Å². The van der Waals surface area contributed by atoms with E-state index in [2.05, 4.69) is 25.7 Å². The van der Waals surface area contributed by atoms with E-state index >= 15 is 0 Å². The minimum atomic E-state index is 0.327. The Balaban J connectivity index is 2.09. The zero-order valence-corrected chi connectivity index (χ0v) is 8.34. The van der Waals surface area contributed by atoms with Gasteiger partial charge in [-0.2, -0.15) is 0 Å². The van der Waals surface area contributed by atoms with Crippen molar-refractivity contribution in [2.75, 3.05) is 13.2 Å². The van der Waals surface area contributed by atoms with Crippen LogP contribution in [0.3, 0.4) is 0 Å². The summed E-state index contributed by atoms with van der Waals surface area (Å²) < 4.78 is 5.66. The SMILES string of the molecule is CC(C)(C)N1C[C@H]2CC[C@@H]1CO2. The van der Waals surface area contributed by atoms with Gasteiger partial charge in [0.05, 0.1) is 12.7 Å². The molecule has 3 fully saturated rings. The molecule has 0 aromatic heterocycles. The van der Waals surface area contributed by atoms with Gasteiger partial charge in [0.15, 0.2) is 0 Å². The molecule has 0 unspecified atom stereocenters. The topological polar surface area (TPSA) is 12.5 Å². The van der Waals surface area contributed by atoms with Crippen molar-refractivity contribution in [1.29, 1.82) is 0 Å². The summed E-state index contributed by atoms with van der Waals surface area (Å²) in [6.45, 7) is 9.01. The highest BCUT2D eigenvalue weighted by molar-refractivity contribution is 4.92. The quantitative estimate of drug-likeness (QED) is 0.546. The highest BCUT2D eigenvalue weighted by Crippen LogP contribution is 2.31. The molecule has 0 aliphatic carbocycles. The summed E-state index contributed by atoms with van der Waals surface area (Å²) in [4.78, 5) is 2.60. The van der Waals surface area contributed by atoms with E-state index in [-0.39, 0.29) is 0 Å². The largest absolute Gasteiger partial charge is 0.375 e. The molecular weight excluding hydrogens is 150 g/mol. The summed E-state index contributed by atoms with van der Waals surface area (Å²) in [6.07, 6.45) is 3.13. The highest BCUT2D eigenvalue weighted by atomic mass is 16.5. The fraction of sp³-hybridized carbons (Fsp3) is 1.00. The van der Waals surface area contributed by atoms with Crippen molar-refractivity contribution in [3.63, 3.8) is 0 Å². The first-order valence-electron chi connectivity index (χ1n) is 4.96. The lowest BCUT2D eigenvalue weighted by atomic mass is 9.91. The van der Waals surface area contributed by atoms with Crippen LogP contribution in [0.2, 0.25) is 0 Å². The summed E-state index contributed by atoms with van der Waals surface area (Å²) in [5, 5.41) is 0. The highest BCUT2D eigenvalue weighted by Gasteiger charge is 2.39. The first kappa shape index (κ1) is 8.52. The smallest absolute Gasteiger partial charge is 0.0703 e. The monoisotopic (exact) mass is 169 g/mol. The van der Waals surface area contributed by atoms with Crippen molar-refractivity contribution in [2.45, 2.75) is 51.3 Å². The van der Waals surface area contributed by atoms with Gasteiger partial charge in [0.2, 0.25) is 0 Å². The molecule has 3 aliphatic rings. The van der Waals surface area contributed by atoms with Gasteiger partial charge in [-0.05, 0) is 33.6 Å². The average molecular weight is 169 g/mol. The van der Waals surface area contributed by atoms with E-state index in [0.717, 1.165) is 13.2 Å². The molecule has 0 saturated carbocycles. The van der Waals surface area contributed by atoms with Gasteiger partial charge in [0.25, 0.3) is 0 Å². The second-order valence-electron chi connectivity index (χ2n) is 5.01. The van der Waals surface area contributed by atoms with Gasteiger partial charge >= 0.3 is 0 Å². The maximum absolute atomic E-state index is 5.66. The maximum Gasteiger partial charge on any atom is 0.0703 e. The molecule has 2 heteroatoms. The molecule has 2 bridgehead atoms. The number of fused-ring (bicyclic) bond motifs is 3. The zero-order chi connectivity index (χ0) is 8.77. The van der Waals surface area contributed by atoms with Crippen LogP contribution in [-0.4, -0.2) is 35.7 Å². The number of morpholine rings is 1. The number of piperidine rings is 1. The Morgan fingerprint density at radius 2 is 2.00 bits per heavy atom. The predicted octanol–water partition coefficient (Wildman–Crippen LogP) is 1.65. The molecule has 0 spiro atoms. The van der Waals surface area contributed by atoms with Crippen LogP contribution in [-0.2, 0) is 4.74 Å². The first-order chi connectivity index (χ1) is 5.57. The third-order valence-electron chi connectivity index (χ3n) is 3.05. The molecular formula is C10H19NO. The summed E-state index contributed by atoms with van der Waals surface area (Å²) in [5.74, 6) is 0. The minimum absolute atomic E-state index is 0.327. The van der Waals surface area contributed by atoms with Gasteiger partial charge in [-0.15, -0.1) is 0 Å². The Labute approximate surface area is 74.9 Å². The lowest BCUT2D eigenvalue weighted by molar-refractivity contribution is -0.133. The van der Waals surface area contributed by atoms with Crippen LogP contribution < -0.4 is 0 Å². The molecule has 0 aromatic carbocycles. The van der Waals surface area contributed by atoms with Crippen molar-refractivity contribution in [2.24, 2.45) is 0 Å². The van der Waals surface area contributed by atoms with E-state index in [9.17, 15) is 0 Å². The Hall–Kier alpha value is -0.0800. The summed E-state index contributed by atoms with van der Waals surface area (Å²) in [7, 11) is 0. The molecule has 3 heterocycles. The van der Waals surface area contributed by atoms with Crippen LogP contribution in [0.15, 0.2) is 0 Å². The average Bonchev–Trinajstić information content (AvgIpc) is 2.05. The molecule has 2 nitrogen and oxygen atoms in total. The second-order valence-corrected chi connectivity index (χ2v) is 5.01. The van der Waals surface area contributed by atoms with Crippen molar-refractivity contribution in [3.05, 3.63) is 0 Å². The van der Waals surface area contributed by atoms with Gasteiger partial charge in [0, 0.05) is 18.1 Å². The van der Waals surface area contributed by atoms with E-state index in [0.29, 0.717) is 17.7 Å². The van der Waals surface area contributed by atoms with Gasteiger partial charge in [-0.25, -0.2) is 0 Å². The lowest BCUT2D eigenvalue weighted by Gasteiger charge is -2.51. The van der Waals surface area contributed by atoms with Crippen LogP contribution in [0, 0.1) is 0 Å². The molecule has 3 aliphatic heterocycles. The molecule has 0 radical (unpaired) electrons. The van der Waals surface area contributed by atoms with Gasteiger partial charge < -0.3 is 4.74 Å². The molecule has 3 saturated heterocycles. The summed E-state index contributed by atoms with van der Waals surface area (Å²) in [6, 6.07) is 0.690. The molecule has 3 rings (SSSR count). The van der Waals surface area contributed by atoms with Crippen molar-refractivity contribution >= 4 is 0 Å². The van der Waals surface area contributed by atoms with Crippen LogP contribution >= 0.6 is 0 Å². The number of hydrogen-bond donors (Lipinski definition) is 0. The van der Waals surface area contributed by atoms with Crippen molar-refractivity contribution in [1.82, 2.24) is 4.90 Å². The fourth-order valence-corrected chi connectivity index (χ4v) is 2.37. The number of hydrogen-bond acceptors (Lipinski definition) is 2. The van der Waals surface area contributed by atoms with Crippen LogP contribution in [0.4, 0.5) is 0 Å². The minimum Gasteiger partial charge on any atom is -0.375 e. The third-order valence-corrected chi connectivity index (χ3v) is 3.05. The molecule has 0 amide bonds. The molecule has 12 heavy (non-hydrogen) atoms. The molecule has 0 N–H and O–H groups in total. The summed E-state index contributed by atoms with van der Waals surface area (Å²) in [5.41, 5.74) is 0.327. The van der Waals surface area contributed by atoms with Gasteiger partial charge in [-0.1, -0.05) is 0 Å². The van der Waals surface area contributed by atoms with E-state index in [4.69, 9.17) is 4.74 Å². The van der Waals surface area contributed by atoms with Gasteiger partial charge in [0.1, 0.15) is 0 Å². The number of nitrogens with zero attached hydrogens (tertiary/aromatic N) is 1. The number of rotatable bonds is 0. The Kier molecular flexibility index (Phi) is 1.92. The molecule has 70 valence electrons. The zero-order valence-electron chi connectivity index (χ0n) is 8.34. The molecule has 2 atom stereocenters. The fourth-order valence-electron chi connectivity index (χ4n) is 2.37. The maximum atomic E-state index is 5.66. The van der Waals surface area contributed by atoms with E-state index in [1.165, 1.54) is 12.8 Å². The van der Waals surface area contributed by atoms with Gasteiger partial charge in [-0.3, -0.25) is 4.90 Å². The second kappa shape index (κ2) is 2.71. The normalized spacial score (nSPS) is 37.2. The van der Waals surface area contributed by atoms with Crippen LogP contribution in [0.25, 0.3) is 0 Å². The Morgan fingerprint density at radius 3 is 2.25 bits per heavy atom.